The van der Waals surface area contributed by atoms with Crippen LogP contribution < -0.4 is 0 Å². The van der Waals surface area contributed by atoms with Crippen molar-refractivity contribution in [3.8, 4) is 0 Å². The molecule has 0 aliphatic carbocycles. The molecule has 6 heteroatoms. The van der Waals surface area contributed by atoms with E-state index in [0.717, 1.165) is 6.42 Å². The molecule has 0 radical (unpaired) electrons. The Morgan fingerprint density at radius 3 is 2.83 bits per heavy atom. The summed E-state index contributed by atoms with van der Waals surface area (Å²) in [6, 6.07) is 4.79. The molecule has 0 aliphatic heterocycles. The third kappa shape index (κ3) is 2.54. The van der Waals surface area contributed by atoms with Crippen molar-refractivity contribution in [2.45, 2.75) is 19.9 Å². The predicted octanol–water partition coefficient (Wildman–Crippen LogP) is 3.23. The second-order valence-corrected chi connectivity index (χ2v) is 4.64. The lowest BCUT2D eigenvalue weighted by Crippen LogP contribution is -2.11. The number of aryl methyl sites for hydroxylation is 1. The van der Waals surface area contributed by atoms with E-state index < -0.39 is 0 Å². The number of hydrogen-bond donors (Lipinski definition) is 0. The van der Waals surface area contributed by atoms with Gasteiger partial charge in [-0.2, -0.15) is 0 Å². The molecule has 0 saturated heterocycles. The molecule has 0 fully saturated rings. The standard InChI is InChI=1S/C12H11Cl2N3O/c1-2-5-17-11(7-15-16-17)12(18)9-4-3-8(13)6-10(9)14/h3-4,6-7H,2,5H2,1H3. The first-order valence-corrected chi connectivity index (χ1v) is 6.27. The fraction of sp³-hybridized carbons (Fsp3) is 0.250. The molecule has 94 valence electrons. The summed E-state index contributed by atoms with van der Waals surface area (Å²) < 4.78 is 1.58. The Morgan fingerprint density at radius 2 is 2.17 bits per heavy atom. The maximum absolute atomic E-state index is 12.3. The van der Waals surface area contributed by atoms with Gasteiger partial charge >= 0.3 is 0 Å². The van der Waals surface area contributed by atoms with Crippen molar-refractivity contribution in [3.63, 3.8) is 0 Å². The average molecular weight is 284 g/mol. The summed E-state index contributed by atoms with van der Waals surface area (Å²) in [5, 5.41) is 8.46. The molecule has 0 atom stereocenters. The minimum atomic E-state index is -0.199. The van der Waals surface area contributed by atoms with Gasteiger partial charge in [0.05, 0.1) is 11.2 Å². The summed E-state index contributed by atoms with van der Waals surface area (Å²) >= 11 is 11.8. The van der Waals surface area contributed by atoms with E-state index in [4.69, 9.17) is 23.2 Å². The van der Waals surface area contributed by atoms with Crippen molar-refractivity contribution in [2.24, 2.45) is 0 Å². The lowest BCUT2D eigenvalue weighted by molar-refractivity contribution is 0.102. The lowest BCUT2D eigenvalue weighted by Gasteiger charge is -2.05. The number of nitrogens with zero attached hydrogens (tertiary/aromatic N) is 3. The first-order chi connectivity index (χ1) is 8.63. The zero-order valence-corrected chi connectivity index (χ0v) is 11.2. The monoisotopic (exact) mass is 283 g/mol. The van der Waals surface area contributed by atoms with Crippen LogP contribution in [0.4, 0.5) is 0 Å². The topological polar surface area (TPSA) is 47.8 Å². The minimum Gasteiger partial charge on any atom is -0.287 e. The minimum absolute atomic E-state index is 0.199. The molecule has 1 aromatic carbocycles. The number of hydrogen-bond acceptors (Lipinski definition) is 3. The van der Waals surface area contributed by atoms with Crippen LogP contribution in [0.1, 0.15) is 29.4 Å². The number of carbonyl (C=O) groups is 1. The Bertz CT molecular complexity index is 580. The SMILES string of the molecule is CCCn1nncc1C(=O)c1ccc(Cl)cc1Cl. The van der Waals surface area contributed by atoms with Crippen LogP contribution >= 0.6 is 23.2 Å². The van der Waals surface area contributed by atoms with Crippen LogP contribution in [-0.4, -0.2) is 20.8 Å². The maximum atomic E-state index is 12.3. The van der Waals surface area contributed by atoms with E-state index in [9.17, 15) is 4.79 Å². The van der Waals surface area contributed by atoms with E-state index in [1.165, 1.54) is 6.20 Å². The Balaban J connectivity index is 2.38. The summed E-state index contributed by atoms with van der Waals surface area (Å²) in [5.74, 6) is -0.199. The number of benzene rings is 1. The highest BCUT2D eigenvalue weighted by Crippen LogP contribution is 2.23. The normalized spacial score (nSPS) is 10.6. The van der Waals surface area contributed by atoms with Crippen molar-refractivity contribution in [2.75, 3.05) is 0 Å². The van der Waals surface area contributed by atoms with Crippen LogP contribution in [0.5, 0.6) is 0 Å². The number of carbonyl (C=O) groups excluding carboxylic acids is 1. The van der Waals surface area contributed by atoms with Crippen LogP contribution in [0.2, 0.25) is 10.0 Å². The Labute approximate surface area is 115 Å². The second kappa shape index (κ2) is 5.50. The van der Waals surface area contributed by atoms with Gasteiger partial charge in [0.2, 0.25) is 5.78 Å². The van der Waals surface area contributed by atoms with E-state index >= 15 is 0 Å². The molecule has 1 heterocycles. The first-order valence-electron chi connectivity index (χ1n) is 5.51. The van der Waals surface area contributed by atoms with E-state index in [1.807, 2.05) is 6.92 Å². The largest absolute Gasteiger partial charge is 0.287 e. The van der Waals surface area contributed by atoms with Gasteiger partial charge in [0.15, 0.2) is 0 Å². The highest BCUT2D eigenvalue weighted by Gasteiger charge is 2.17. The van der Waals surface area contributed by atoms with Crippen molar-refractivity contribution in [3.05, 3.63) is 45.7 Å². The molecule has 18 heavy (non-hydrogen) atoms. The Kier molecular flexibility index (Phi) is 3.99. The van der Waals surface area contributed by atoms with E-state index in [1.54, 1.807) is 22.9 Å². The van der Waals surface area contributed by atoms with Crippen LogP contribution in [-0.2, 0) is 6.54 Å². The molecule has 2 rings (SSSR count). The van der Waals surface area contributed by atoms with Gasteiger partial charge in [0, 0.05) is 17.1 Å². The summed E-state index contributed by atoms with van der Waals surface area (Å²) in [6.45, 7) is 2.65. The van der Waals surface area contributed by atoms with Gasteiger partial charge < -0.3 is 0 Å². The summed E-state index contributed by atoms with van der Waals surface area (Å²) in [4.78, 5) is 12.3. The predicted molar refractivity (Wildman–Crippen MR) is 70.2 cm³/mol. The molecule has 2 aromatic rings. The van der Waals surface area contributed by atoms with Gasteiger partial charge in [-0.05, 0) is 24.6 Å². The molecular weight excluding hydrogens is 273 g/mol. The third-order valence-corrected chi connectivity index (χ3v) is 3.01. The highest BCUT2D eigenvalue weighted by atomic mass is 35.5. The number of aromatic nitrogens is 3. The van der Waals surface area contributed by atoms with Gasteiger partial charge in [-0.3, -0.25) is 4.79 Å². The fourth-order valence-electron chi connectivity index (χ4n) is 1.62. The molecular formula is C12H11Cl2N3O. The van der Waals surface area contributed by atoms with Crippen LogP contribution in [0.3, 0.4) is 0 Å². The summed E-state index contributed by atoms with van der Waals surface area (Å²) in [6.07, 6.45) is 2.32. The molecule has 0 bridgehead atoms. The zero-order valence-electron chi connectivity index (χ0n) is 9.73. The Hall–Kier alpha value is -1.39. The van der Waals surface area contributed by atoms with Crippen molar-refractivity contribution in [1.29, 1.82) is 0 Å². The van der Waals surface area contributed by atoms with Gasteiger partial charge in [-0.1, -0.05) is 35.3 Å². The zero-order chi connectivity index (χ0) is 13.1. The average Bonchev–Trinajstić information content (AvgIpc) is 2.77. The highest BCUT2D eigenvalue weighted by molar-refractivity contribution is 6.37. The first kappa shape index (κ1) is 13.1. The third-order valence-electron chi connectivity index (χ3n) is 2.46. The van der Waals surface area contributed by atoms with Crippen molar-refractivity contribution >= 4 is 29.0 Å². The summed E-state index contributed by atoms with van der Waals surface area (Å²) in [5.41, 5.74) is 0.835. The van der Waals surface area contributed by atoms with Gasteiger partial charge in [0.25, 0.3) is 0 Å². The quantitative estimate of drug-likeness (QED) is 0.810. The van der Waals surface area contributed by atoms with Gasteiger partial charge in [0.1, 0.15) is 5.69 Å². The molecule has 4 nitrogen and oxygen atoms in total. The van der Waals surface area contributed by atoms with Crippen LogP contribution in [0, 0.1) is 0 Å². The van der Waals surface area contributed by atoms with E-state index in [2.05, 4.69) is 10.3 Å². The molecule has 0 aliphatic rings. The van der Waals surface area contributed by atoms with Gasteiger partial charge in [-0.25, -0.2) is 4.68 Å². The number of halogens is 2. The van der Waals surface area contributed by atoms with Crippen LogP contribution in [0.15, 0.2) is 24.4 Å². The molecule has 0 spiro atoms. The Morgan fingerprint density at radius 1 is 1.39 bits per heavy atom. The smallest absolute Gasteiger partial charge is 0.214 e. The van der Waals surface area contributed by atoms with E-state index in [0.29, 0.717) is 27.8 Å². The maximum Gasteiger partial charge on any atom is 0.214 e. The van der Waals surface area contributed by atoms with Crippen LogP contribution in [0.25, 0.3) is 0 Å². The molecule has 0 amide bonds. The fourth-order valence-corrected chi connectivity index (χ4v) is 2.12. The van der Waals surface area contributed by atoms with E-state index in [-0.39, 0.29) is 5.78 Å². The number of ketones is 1. The van der Waals surface area contributed by atoms with Crippen molar-refractivity contribution < 1.29 is 4.79 Å². The van der Waals surface area contributed by atoms with Crippen molar-refractivity contribution in [1.82, 2.24) is 15.0 Å². The molecule has 1 aromatic heterocycles. The molecule has 0 unspecified atom stereocenters. The second-order valence-electron chi connectivity index (χ2n) is 3.80. The van der Waals surface area contributed by atoms with Gasteiger partial charge in [-0.15, -0.1) is 5.10 Å². The molecule has 0 saturated carbocycles. The lowest BCUT2D eigenvalue weighted by atomic mass is 10.1. The molecule has 0 N–H and O–H groups in total. The number of rotatable bonds is 4. The summed E-state index contributed by atoms with van der Waals surface area (Å²) in [7, 11) is 0.